The zero-order chi connectivity index (χ0) is 34.7. The van der Waals surface area contributed by atoms with Gasteiger partial charge in [0.05, 0.1) is 4.88 Å². The Morgan fingerprint density at radius 2 is 1.51 bits per heavy atom. The first-order valence-corrected chi connectivity index (χ1v) is 18.4. The third-order valence-corrected chi connectivity index (χ3v) is 11.8. The number of amides is 2. The molecule has 3 heterocycles. The van der Waals surface area contributed by atoms with Crippen molar-refractivity contribution in [2.24, 2.45) is 11.8 Å². The molecule has 2 fully saturated rings. The molecule has 2 amide bonds. The summed E-state index contributed by atoms with van der Waals surface area (Å²) >= 11 is 1.43. The van der Waals surface area contributed by atoms with Crippen molar-refractivity contribution < 1.29 is 19.8 Å². The van der Waals surface area contributed by atoms with E-state index in [-0.39, 0.29) is 36.2 Å². The molecule has 1 atom stereocenters. The summed E-state index contributed by atoms with van der Waals surface area (Å²) in [5, 5.41) is 22.0. The average Bonchev–Trinajstić information content (AvgIpc) is 3.60. The van der Waals surface area contributed by atoms with Crippen molar-refractivity contribution in [3.8, 4) is 22.5 Å². The van der Waals surface area contributed by atoms with Crippen molar-refractivity contribution in [1.82, 2.24) is 20.2 Å². The second kappa shape index (κ2) is 14.9. The first-order chi connectivity index (χ1) is 23.5. The molecule has 49 heavy (non-hydrogen) atoms. The van der Waals surface area contributed by atoms with Crippen LogP contribution in [0.25, 0.3) is 22.5 Å². The number of aromatic nitrogens is 2. The van der Waals surface area contributed by atoms with Crippen molar-refractivity contribution in [3.05, 3.63) is 93.9 Å². The van der Waals surface area contributed by atoms with E-state index in [1.54, 1.807) is 11.0 Å². The normalized spacial score (nSPS) is 19.0. The van der Waals surface area contributed by atoms with Gasteiger partial charge < -0.3 is 20.4 Å². The standard InChI is InChI=1S/C40H48N4O4S/c1-5-25-6-10-27(11-7-25)28-14-16-29(17-15-28)31-21-41-36(42-22-31)30-12-8-26(9-13-30)20-33(38(46)44-23-32(24-44)39(47)48)43-37(45)34-18-19-35(49-34)40(2,3)4/h8-9,12-19,21-22,25,27,32-33,39,47-48H,5-7,10-11,20,23-24H2,1-4H3,(H,43,45)/t25-,27-,33-/m0/s1. The summed E-state index contributed by atoms with van der Waals surface area (Å²) in [6.45, 7) is 9.09. The zero-order valence-corrected chi connectivity index (χ0v) is 29.7. The summed E-state index contributed by atoms with van der Waals surface area (Å²) in [5.41, 5.74) is 5.16. The molecule has 0 spiro atoms. The van der Waals surface area contributed by atoms with Gasteiger partial charge in [0.25, 0.3) is 5.91 Å². The molecule has 1 aliphatic carbocycles. The summed E-state index contributed by atoms with van der Waals surface area (Å²) in [7, 11) is 0. The molecule has 0 unspecified atom stereocenters. The maximum Gasteiger partial charge on any atom is 0.262 e. The number of thiophene rings is 1. The fourth-order valence-corrected chi connectivity index (χ4v) is 7.86. The molecule has 1 saturated carbocycles. The lowest BCUT2D eigenvalue weighted by Crippen LogP contribution is -2.59. The predicted octanol–water partition coefficient (Wildman–Crippen LogP) is 6.96. The molecule has 8 nitrogen and oxygen atoms in total. The van der Waals surface area contributed by atoms with Crippen LogP contribution in [0.3, 0.4) is 0 Å². The van der Waals surface area contributed by atoms with Crippen LogP contribution < -0.4 is 5.32 Å². The van der Waals surface area contributed by atoms with Crippen LogP contribution >= 0.6 is 11.3 Å². The minimum atomic E-state index is -1.47. The van der Waals surface area contributed by atoms with Crippen LogP contribution in [-0.2, 0) is 16.6 Å². The number of hydrogen-bond acceptors (Lipinski definition) is 7. The van der Waals surface area contributed by atoms with Gasteiger partial charge in [0.15, 0.2) is 12.1 Å². The number of nitrogens with zero attached hydrogens (tertiary/aromatic N) is 3. The number of nitrogens with one attached hydrogen (secondary N) is 1. The van der Waals surface area contributed by atoms with Gasteiger partial charge in [-0.1, -0.05) is 82.6 Å². The molecule has 3 N–H and O–H groups in total. The fraction of sp³-hybridized carbons (Fsp3) is 0.450. The maximum absolute atomic E-state index is 13.5. The van der Waals surface area contributed by atoms with Gasteiger partial charge in [-0.05, 0) is 71.8 Å². The van der Waals surface area contributed by atoms with Gasteiger partial charge >= 0.3 is 0 Å². The highest BCUT2D eigenvalue weighted by atomic mass is 32.1. The smallest absolute Gasteiger partial charge is 0.262 e. The molecule has 4 aromatic rings. The zero-order valence-electron chi connectivity index (χ0n) is 28.9. The molecular weight excluding hydrogens is 633 g/mol. The largest absolute Gasteiger partial charge is 0.368 e. The third kappa shape index (κ3) is 8.28. The second-order valence-electron chi connectivity index (χ2n) is 14.8. The quantitative estimate of drug-likeness (QED) is 0.156. The third-order valence-electron chi connectivity index (χ3n) is 10.3. The van der Waals surface area contributed by atoms with Crippen LogP contribution in [0.15, 0.2) is 73.1 Å². The van der Waals surface area contributed by atoms with Crippen molar-refractivity contribution >= 4 is 23.2 Å². The molecule has 2 aliphatic rings. The minimum Gasteiger partial charge on any atom is -0.368 e. The Hall–Kier alpha value is -3.92. The lowest BCUT2D eigenvalue weighted by Gasteiger charge is -2.41. The van der Waals surface area contributed by atoms with Crippen molar-refractivity contribution in [2.75, 3.05) is 13.1 Å². The highest BCUT2D eigenvalue weighted by molar-refractivity contribution is 7.14. The van der Waals surface area contributed by atoms with E-state index >= 15 is 0 Å². The van der Waals surface area contributed by atoms with Gasteiger partial charge in [0.1, 0.15) is 6.04 Å². The Bertz CT molecular complexity index is 1710. The lowest BCUT2D eigenvalue weighted by atomic mass is 9.78. The number of likely N-dealkylation sites (tertiary alicyclic amines) is 1. The molecule has 0 radical (unpaired) electrons. The summed E-state index contributed by atoms with van der Waals surface area (Å²) < 4.78 is 0. The van der Waals surface area contributed by atoms with Crippen LogP contribution in [-0.4, -0.2) is 62.3 Å². The van der Waals surface area contributed by atoms with E-state index in [0.717, 1.165) is 33.0 Å². The predicted molar refractivity (Wildman–Crippen MR) is 194 cm³/mol. The molecule has 2 aromatic heterocycles. The molecule has 9 heteroatoms. The number of benzene rings is 2. The van der Waals surface area contributed by atoms with E-state index in [9.17, 15) is 19.8 Å². The van der Waals surface area contributed by atoms with Gasteiger partial charge in [0.2, 0.25) is 5.91 Å². The van der Waals surface area contributed by atoms with Gasteiger partial charge in [0, 0.05) is 53.8 Å². The Morgan fingerprint density at radius 3 is 2.08 bits per heavy atom. The van der Waals surface area contributed by atoms with Crippen LogP contribution in [0.5, 0.6) is 0 Å². The number of aliphatic hydroxyl groups excluding tert-OH is 1. The topological polar surface area (TPSA) is 116 Å². The maximum atomic E-state index is 13.5. The molecule has 1 saturated heterocycles. The monoisotopic (exact) mass is 680 g/mol. The summed E-state index contributed by atoms with van der Waals surface area (Å²) in [6.07, 6.45) is 9.07. The molecule has 6 rings (SSSR count). The van der Waals surface area contributed by atoms with E-state index in [0.29, 0.717) is 23.0 Å². The Morgan fingerprint density at radius 1 is 0.878 bits per heavy atom. The molecule has 258 valence electrons. The van der Waals surface area contributed by atoms with Gasteiger partial charge in [-0.2, -0.15) is 0 Å². The minimum absolute atomic E-state index is 0.0828. The van der Waals surface area contributed by atoms with E-state index in [1.165, 1.54) is 49.0 Å². The van der Waals surface area contributed by atoms with Crippen LogP contribution in [0, 0.1) is 11.8 Å². The van der Waals surface area contributed by atoms with E-state index in [2.05, 4.69) is 67.2 Å². The van der Waals surface area contributed by atoms with Crippen molar-refractivity contribution in [1.29, 1.82) is 0 Å². The Kier molecular flexibility index (Phi) is 10.6. The summed E-state index contributed by atoms with van der Waals surface area (Å²) in [5.74, 6) is 1.25. The van der Waals surface area contributed by atoms with Crippen LogP contribution in [0.4, 0.5) is 0 Å². The molecule has 1 aliphatic heterocycles. The van der Waals surface area contributed by atoms with Crippen molar-refractivity contribution in [2.45, 2.75) is 89.9 Å². The van der Waals surface area contributed by atoms with Crippen LogP contribution in [0.2, 0.25) is 0 Å². The number of carbonyl (C=O) groups is 2. The number of hydrogen-bond donors (Lipinski definition) is 3. The molecule has 0 bridgehead atoms. The van der Waals surface area contributed by atoms with Gasteiger partial charge in [-0.15, -0.1) is 11.3 Å². The number of carbonyl (C=O) groups excluding carboxylic acids is 2. The van der Waals surface area contributed by atoms with E-state index in [4.69, 9.17) is 0 Å². The molecule has 2 aromatic carbocycles. The number of aliphatic hydroxyl groups is 2. The first kappa shape index (κ1) is 34.9. The lowest BCUT2D eigenvalue weighted by molar-refractivity contribution is -0.157. The number of rotatable bonds is 10. The Balaban J connectivity index is 1.11. The highest BCUT2D eigenvalue weighted by Gasteiger charge is 2.38. The second-order valence-corrected chi connectivity index (χ2v) is 15.9. The summed E-state index contributed by atoms with van der Waals surface area (Å²) in [6, 6.07) is 19.6. The van der Waals surface area contributed by atoms with Crippen molar-refractivity contribution in [3.63, 3.8) is 0 Å². The highest BCUT2D eigenvalue weighted by Crippen LogP contribution is 2.37. The SMILES string of the molecule is CC[C@H]1CC[C@H](c2ccc(-c3cnc(-c4ccc(C[C@H](NC(=O)c5ccc(C(C)(C)C)s5)C(=O)N5CC(C(O)O)C5)cc4)nc3)cc2)CC1. The first-order valence-electron chi connectivity index (χ1n) is 17.6. The summed E-state index contributed by atoms with van der Waals surface area (Å²) in [4.78, 5) is 39.4. The van der Waals surface area contributed by atoms with E-state index < -0.39 is 12.3 Å². The Labute approximate surface area is 293 Å². The van der Waals surface area contributed by atoms with Crippen LogP contribution in [0.1, 0.15) is 91.4 Å². The van der Waals surface area contributed by atoms with Gasteiger partial charge in [-0.25, -0.2) is 9.97 Å². The van der Waals surface area contributed by atoms with E-state index in [1.807, 2.05) is 42.7 Å². The van der Waals surface area contributed by atoms with Gasteiger partial charge in [-0.3, -0.25) is 9.59 Å². The fourth-order valence-electron chi connectivity index (χ4n) is 6.90. The average molecular weight is 681 g/mol. The molecular formula is C40H48N4O4S.